The summed E-state index contributed by atoms with van der Waals surface area (Å²) in [5, 5.41) is 5.98. The molecule has 2 heterocycles. The zero-order valence-corrected chi connectivity index (χ0v) is 11.7. The van der Waals surface area contributed by atoms with Gasteiger partial charge < -0.3 is 10.3 Å². The van der Waals surface area contributed by atoms with Crippen LogP contribution < -0.4 is 5.73 Å². The maximum atomic E-state index is 13.0. The van der Waals surface area contributed by atoms with E-state index in [0.29, 0.717) is 11.5 Å². The summed E-state index contributed by atoms with van der Waals surface area (Å²) in [5.41, 5.74) is 6.54. The Morgan fingerprint density at radius 3 is 2.90 bits per heavy atom. The summed E-state index contributed by atoms with van der Waals surface area (Å²) in [6.07, 6.45) is 0. The van der Waals surface area contributed by atoms with Crippen molar-refractivity contribution < 1.29 is 8.91 Å². The molecule has 0 aliphatic rings. The minimum Gasteiger partial charge on any atom is -0.337 e. The van der Waals surface area contributed by atoms with Crippen LogP contribution in [0.2, 0.25) is 5.02 Å². The number of rotatable bonds is 3. The monoisotopic (exact) mass is 309 g/mol. The van der Waals surface area contributed by atoms with Gasteiger partial charge in [-0.05, 0) is 29.6 Å². The third-order valence-corrected chi connectivity index (χ3v) is 4.00. The minimum atomic E-state index is -0.476. The highest BCUT2D eigenvalue weighted by Crippen LogP contribution is 2.28. The summed E-state index contributed by atoms with van der Waals surface area (Å²) in [6, 6.07) is 7.30. The van der Waals surface area contributed by atoms with E-state index in [1.807, 2.05) is 17.5 Å². The van der Waals surface area contributed by atoms with Crippen molar-refractivity contribution in [3.8, 4) is 11.4 Å². The predicted molar refractivity (Wildman–Crippen MR) is 75.1 cm³/mol. The second-order valence-corrected chi connectivity index (χ2v) is 5.46. The Morgan fingerprint density at radius 2 is 2.20 bits per heavy atom. The number of hydrogen-bond acceptors (Lipinski definition) is 5. The van der Waals surface area contributed by atoms with Crippen molar-refractivity contribution in [1.29, 1.82) is 0 Å². The van der Waals surface area contributed by atoms with Crippen LogP contribution in [-0.2, 0) is 0 Å². The first-order chi connectivity index (χ1) is 9.65. The van der Waals surface area contributed by atoms with Gasteiger partial charge in [-0.3, -0.25) is 0 Å². The van der Waals surface area contributed by atoms with E-state index in [4.69, 9.17) is 21.9 Å². The van der Waals surface area contributed by atoms with Crippen molar-refractivity contribution in [1.82, 2.24) is 10.1 Å². The van der Waals surface area contributed by atoms with Crippen LogP contribution in [-0.4, -0.2) is 10.1 Å². The number of hydrogen-bond donors (Lipinski definition) is 1. The SMILES string of the molecule is NC(c1nc(-c2ccc(F)cc2Cl)no1)c1cccs1. The van der Waals surface area contributed by atoms with Crippen LogP contribution in [0.25, 0.3) is 11.4 Å². The lowest BCUT2D eigenvalue weighted by atomic mass is 10.2. The second kappa shape index (κ2) is 5.32. The lowest BCUT2D eigenvalue weighted by molar-refractivity contribution is 0.368. The minimum absolute atomic E-state index is 0.224. The normalized spacial score (nSPS) is 12.6. The molecule has 20 heavy (non-hydrogen) atoms. The molecule has 0 bridgehead atoms. The highest BCUT2D eigenvalue weighted by Gasteiger charge is 2.19. The molecule has 0 fully saturated rings. The van der Waals surface area contributed by atoms with Gasteiger partial charge in [0.25, 0.3) is 0 Å². The summed E-state index contributed by atoms with van der Waals surface area (Å²) < 4.78 is 18.2. The standard InChI is InChI=1S/C13H9ClFN3OS/c14-9-6-7(15)3-4-8(9)12-17-13(19-18-12)11(16)10-2-1-5-20-10/h1-6,11H,16H2. The summed E-state index contributed by atoms with van der Waals surface area (Å²) in [7, 11) is 0. The molecule has 1 atom stereocenters. The second-order valence-electron chi connectivity index (χ2n) is 4.07. The van der Waals surface area contributed by atoms with Crippen LogP contribution in [0.5, 0.6) is 0 Å². The first-order valence-electron chi connectivity index (χ1n) is 5.73. The molecule has 7 heteroatoms. The van der Waals surface area contributed by atoms with E-state index in [0.717, 1.165) is 4.88 Å². The summed E-state index contributed by atoms with van der Waals surface area (Å²) in [6.45, 7) is 0. The van der Waals surface area contributed by atoms with Crippen LogP contribution in [0.4, 0.5) is 4.39 Å². The van der Waals surface area contributed by atoms with Gasteiger partial charge in [-0.1, -0.05) is 22.8 Å². The van der Waals surface area contributed by atoms with E-state index in [1.165, 1.54) is 29.5 Å². The average Bonchev–Trinajstić information content (AvgIpc) is 3.09. The Balaban J connectivity index is 1.94. The fourth-order valence-electron chi connectivity index (χ4n) is 1.73. The molecular formula is C13H9ClFN3OS. The maximum Gasteiger partial charge on any atom is 0.249 e. The molecule has 102 valence electrons. The topological polar surface area (TPSA) is 64.9 Å². The predicted octanol–water partition coefficient (Wildman–Crippen LogP) is 3.64. The highest BCUT2D eigenvalue weighted by atomic mass is 35.5. The zero-order valence-electron chi connectivity index (χ0n) is 10.1. The molecule has 0 radical (unpaired) electrons. The van der Waals surface area contributed by atoms with Crippen molar-refractivity contribution in [3.63, 3.8) is 0 Å². The molecule has 4 nitrogen and oxygen atoms in total. The van der Waals surface area contributed by atoms with Gasteiger partial charge >= 0.3 is 0 Å². The molecule has 2 N–H and O–H groups in total. The van der Waals surface area contributed by atoms with Crippen molar-refractivity contribution >= 4 is 22.9 Å². The molecular weight excluding hydrogens is 301 g/mol. The van der Waals surface area contributed by atoms with Gasteiger partial charge in [0.1, 0.15) is 11.9 Å². The van der Waals surface area contributed by atoms with E-state index in [9.17, 15) is 4.39 Å². The molecule has 0 saturated carbocycles. The van der Waals surface area contributed by atoms with Gasteiger partial charge in [-0.15, -0.1) is 11.3 Å². The molecule has 0 amide bonds. The molecule has 1 unspecified atom stereocenters. The molecule has 0 aliphatic heterocycles. The largest absolute Gasteiger partial charge is 0.337 e. The van der Waals surface area contributed by atoms with Crippen LogP contribution in [0.1, 0.15) is 16.8 Å². The number of aromatic nitrogens is 2. The molecule has 2 aromatic heterocycles. The Kier molecular flexibility index (Phi) is 3.52. The number of halogens is 2. The third-order valence-electron chi connectivity index (χ3n) is 2.73. The summed E-state index contributed by atoms with van der Waals surface area (Å²) in [4.78, 5) is 5.15. The van der Waals surface area contributed by atoms with Crippen molar-refractivity contribution in [2.24, 2.45) is 5.73 Å². The van der Waals surface area contributed by atoms with Crippen LogP contribution in [0.3, 0.4) is 0 Å². The fourth-order valence-corrected chi connectivity index (χ4v) is 2.70. The van der Waals surface area contributed by atoms with Gasteiger partial charge in [0.05, 0.1) is 5.02 Å². The lowest BCUT2D eigenvalue weighted by Gasteiger charge is -2.02. The summed E-state index contributed by atoms with van der Waals surface area (Å²) in [5.74, 6) is 0.164. The van der Waals surface area contributed by atoms with Crippen LogP contribution in [0, 0.1) is 5.82 Å². The van der Waals surface area contributed by atoms with E-state index >= 15 is 0 Å². The van der Waals surface area contributed by atoms with Gasteiger partial charge in [-0.2, -0.15) is 4.98 Å². The first-order valence-corrected chi connectivity index (χ1v) is 6.99. The van der Waals surface area contributed by atoms with Gasteiger partial charge in [0.15, 0.2) is 0 Å². The van der Waals surface area contributed by atoms with Crippen LogP contribution in [0.15, 0.2) is 40.2 Å². The Hall–Kier alpha value is -1.76. The van der Waals surface area contributed by atoms with Crippen molar-refractivity contribution in [2.45, 2.75) is 6.04 Å². The number of nitrogens with zero attached hydrogens (tertiary/aromatic N) is 2. The summed E-state index contributed by atoms with van der Waals surface area (Å²) >= 11 is 7.47. The Labute approximate surface area is 123 Å². The first kappa shape index (κ1) is 13.2. The third kappa shape index (κ3) is 2.45. The van der Waals surface area contributed by atoms with E-state index in [2.05, 4.69) is 10.1 Å². The molecule has 3 rings (SSSR count). The molecule has 0 saturated heterocycles. The molecule has 3 aromatic rings. The lowest BCUT2D eigenvalue weighted by Crippen LogP contribution is -2.10. The van der Waals surface area contributed by atoms with Gasteiger partial charge in [0.2, 0.25) is 11.7 Å². The highest BCUT2D eigenvalue weighted by molar-refractivity contribution is 7.10. The van der Waals surface area contributed by atoms with E-state index in [1.54, 1.807) is 0 Å². The van der Waals surface area contributed by atoms with E-state index < -0.39 is 11.9 Å². The fraction of sp³-hybridized carbons (Fsp3) is 0.0769. The van der Waals surface area contributed by atoms with Gasteiger partial charge in [-0.25, -0.2) is 4.39 Å². The van der Waals surface area contributed by atoms with Crippen molar-refractivity contribution in [3.05, 3.63) is 57.3 Å². The maximum absolute atomic E-state index is 13.0. The Morgan fingerprint density at radius 1 is 1.35 bits per heavy atom. The number of thiophene rings is 1. The molecule has 0 spiro atoms. The molecule has 1 aromatic carbocycles. The van der Waals surface area contributed by atoms with Gasteiger partial charge in [0, 0.05) is 10.4 Å². The van der Waals surface area contributed by atoms with Crippen LogP contribution >= 0.6 is 22.9 Å². The zero-order chi connectivity index (χ0) is 14.1. The quantitative estimate of drug-likeness (QED) is 0.802. The number of benzene rings is 1. The average molecular weight is 310 g/mol. The Bertz CT molecular complexity index is 729. The number of nitrogens with two attached hydrogens (primary N) is 1. The van der Waals surface area contributed by atoms with E-state index in [-0.39, 0.29) is 10.8 Å². The van der Waals surface area contributed by atoms with Crippen molar-refractivity contribution in [2.75, 3.05) is 0 Å². The molecule has 0 aliphatic carbocycles. The smallest absolute Gasteiger partial charge is 0.249 e.